The van der Waals surface area contributed by atoms with E-state index in [0.29, 0.717) is 29.6 Å². The lowest BCUT2D eigenvalue weighted by molar-refractivity contribution is -0.138. The lowest BCUT2D eigenvalue weighted by Gasteiger charge is -2.58. The van der Waals surface area contributed by atoms with Crippen molar-refractivity contribution in [2.75, 3.05) is 0 Å². The van der Waals surface area contributed by atoms with E-state index in [4.69, 9.17) is 4.74 Å². The van der Waals surface area contributed by atoms with Crippen LogP contribution in [0.5, 0.6) is 0 Å². The second-order valence-corrected chi connectivity index (χ2v) is 9.34. The Kier molecular flexibility index (Phi) is 2.52. The molecule has 122 valence electrons. The van der Waals surface area contributed by atoms with E-state index in [1.165, 1.54) is 6.42 Å². The van der Waals surface area contributed by atoms with Crippen molar-refractivity contribution < 1.29 is 14.6 Å². The van der Waals surface area contributed by atoms with E-state index in [9.17, 15) is 9.90 Å². The third kappa shape index (κ3) is 1.40. The molecule has 22 heavy (non-hydrogen) atoms. The van der Waals surface area contributed by atoms with Gasteiger partial charge in [0.05, 0.1) is 12.2 Å². The number of aliphatic hydroxyl groups excluding tert-OH is 1. The first-order valence-electron chi connectivity index (χ1n) is 9.30. The summed E-state index contributed by atoms with van der Waals surface area (Å²) in [5, 5.41) is 10.2. The summed E-state index contributed by atoms with van der Waals surface area (Å²) >= 11 is 0. The smallest absolute Gasteiger partial charge is 0.139 e. The Hall–Kier alpha value is -0.410. The summed E-state index contributed by atoms with van der Waals surface area (Å²) < 4.78 is 6.30. The Morgan fingerprint density at radius 1 is 1.14 bits per heavy atom. The number of fused-ring (bicyclic) bond motifs is 4. The predicted octanol–water partition coefficient (Wildman–Crippen LogP) is 3.09. The minimum Gasteiger partial charge on any atom is -0.393 e. The molecule has 3 nitrogen and oxygen atoms in total. The normalized spacial score (nSPS) is 62.7. The molecule has 1 heterocycles. The molecule has 1 aliphatic heterocycles. The first-order chi connectivity index (χ1) is 10.4. The molecule has 1 saturated heterocycles. The summed E-state index contributed by atoms with van der Waals surface area (Å²) in [4.78, 5) is 12.4. The number of carbonyl (C=O) groups excluding carboxylic acids is 1. The largest absolute Gasteiger partial charge is 0.393 e. The fraction of sp³-hybridized carbons (Fsp3) is 0.947. The molecule has 1 spiro atoms. The van der Waals surface area contributed by atoms with Crippen LogP contribution in [0.15, 0.2) is 0 Å². The van der Waals surface area contributed by atoms with Crippen molar-refractivity contribution in [3.05, 3.63) is 0 Å². The van der Waals surface area contributed by atoms with Crippen molar-refractivity contribution in [1.29, 1.82) is 0 Å². The summed E-state index contributed by atoms with van der Waals surface area (Å²) in [6, 6.07) is 0. The molecule has 3 heteroatoms. The van der Waals surface area contributed by atoms with E-state index >= 15 is 0 Å². The highest BCUT2D eigenvalue weighted by molar-refractivity contribution is 5.87. The molecular formula is C19H28O3. The molecule has 8 atom stereocenters. The molecule has 4 aliphatic carbocycles. The SMILES string of the molecule is CC12CCC3C(C[C@@H]4O[C@@]45CC(O)CCC35C)C1CCC2=O. The zero-order valence-electron chi connectivity index (χ0n) is 13.8. The molecule has 0 aromatic rings. The lowest BCUT2D eigenvalue weighted by Crippen LogP contribution is -2.58. The number of aliphatic hydroxyl groups is 1. The van der Waals surface area contributed by atoms with Crippen LogP contribution in [0.3, 0.4) is 0 Å². The molecule has 0 bridgehead atoms. The van der Waals surface area contributed by atoms with Gasteiger partial charge < -0.3 is 9.84 Å². The minimum atomic E-state index is -0.170. The highest BCUT2D eigenvalue weighted by Crippen LogP contribution is 2.72. The number of hydrogen-bond donors (Lipinski definition) is 1. The fourth-order valence-corrected chi connectivity index (χ4v) is 7.43. The van der Waals surface area contributed by atoms with E-state index < -0.39 is 0 Å². The van der Waals surface area contributed by atoms with Crippen LogP contribution in [-0.4, -0.2) is 28.7 Å². The van der Waals surface area contributed by atoms with Crippen molar-refractivity contribution >= 4 is 5.78 Å². The first kappa shape index (κ1) is 14.0. The number of carbonyl (C=O) groups is 1. The maximum absolute atomic E-state index is 12.4. The van der Waals surface area contributed by atoms with Crippen LogP contribution >= 0.6 is 0 Å². The van der Waals surface area contributed by atoms with E-state index in [0.717, 1.165) is 44.9 Å². The summed E-state index contributed by atoms with van der Waals surface area (Å²) in [5.74, 6) is 2.48. The average molecular weight is 304 g/mol. The van der Waals surface area contributed by atoms with Crippen LogP contribution < -0.4 is 0 Å². The Labute approximate surface area is 132 Å². The number of Topliss-reactive ketones (excluding diaryl/α,β-unsaturated/α-hetero) is 1. The summed E-state index contributed by atoms with van der Waals surface area (Å²) in [6.45, 7) is 4.68. The second kappa shape index (κ2) is 3.97. The van der Waals surface area contributed by atoms with Crippen molar-refractivity contribution in [3.8, 4) is 0 Å². The third-order valence-corrected chi connectivity index (χ3v) is 8.77. The van der Waals surface area contributed by atoms with Gasteiger partial charge in [-0.3, -0.25) is 4.79 Å². The van der Waals surface area contributed by atoms with E-state index in [-0.39, 0.29) is 22.5 Å². The standard InChI is InChI=1S/C19H28O3/c1-17-7-6-14-12(13(17)3-4-15(17)21)9-16-19(22-16)10-11(20)5-8-18(14,19)2/h11-14,16,20H,3-10H2,1-2H3/t11?,12?,13?,14?,16-,17?,18?,19-/m0/s1. The van der Waals surface area contributed by atoms with Crippen molar-refractivity contribution in [2.24, 2.45) is 28.6 Å². The zero-order chi connectivity index (χ0) is 15.3. The number of hydrogen-bond acceptors (Lipinski definition) is 3. The van der Waals surface area contributed by atoms with E-state index in [2.05, 4.69) is 13.8 Å². The Morgan fingerprint density at radius 3 is 2.77 bits per heavy atom. The fourth-order valence-electron chi connectivity index (χ4n) is 7.43. The van der Waals surface area contributed by atoms with Gasteiger partial charge in [-0.1, -0.05) is 13.8 Å². The highest BCUT2D eigenvalue weighted by Gasteiger charge is 2.76. The maximum Gasteiger partial charge on any atom is 0.139 e. The van der Waals surface area contributed by atoms with Crippen molar-refractivity contribution in [2.45, 2.75) is 83.0 Å². The van der Waals surface area contributed by atoms with Crippen LogP contribution in [0.1, 0.15) is 65.2 Å². The number of epoxide rings is 1. The molecule has 4 saturated carbocycles. The van der Waals surface area contributed by atoms with Gasteiger partial charge in [-0.15, -0.1) is 0 Å². The van der Waals surface area contributed by atoms with Gasteiger partial charge in [-0.2, -0.15) is 0 Å². The molecule has 0 radical (unpaired) electrons. The maximum atomic E-state index is 12.4. The monoisotopic (exact) mass is 304 g/mol. The Bertz CT molecular complexity index is 545. The van der Waals surface area contributed by atoms with Crippen LogP contribution in [0.2, 0.25) is 0 Å². The zero-order valence-corrected chi connectivity index (χ0v) is 13.8. The quantitative estimate of drug-likeness (QED) is 0.700. The van der Waals surface area contributed by atoms with E-state index in [1.54, 1.807) is 0 Å². The number of rotatable bonds is 0. The Balaban J connectivity index is 1.53. The minimum absolute atomic E-state index is 0.0256. The van der Waals surface area contributed by atoms with Crippen LogP contribution in [0.4, 0.5) is 0 Å². The molecule has 0 aromatic heterocycles. The first-order valence-corrected chi connectivity index (χ1v) is 9.30. The topological polar surface area (TPSA) is 49.8 Å². The van der Waals surface area contributed by atoms with Crippen LogP contribution in [-0.2, 0) is 9.53 Å². The van der Waals surface area contributed by atoms with Crippen LogP contribution in [0, 0.1) is 28.6 Å². The second-order valence-electron chi connectivity index (χ2n) is 9.34. The summed E-state index contributed by atoms with van der Waals surface area (Å²) in [6.07, 6.45) is 8.37. The van der Waals surface area contributed by atoms with Gasteiger partial charge in [0, 0.05) is 23.7 Å². The Morgan fingerprint density at radius 2 is 1.95 bits per heavy atom. The molecule has 1 N–H and O–H groups in total. The molecule has 6 unspecified atom stereocenters. The van der Waals surface area contributed by atoms with Crippen molar-refractivity contribution in [1.82, 2.24) is 0 Å². The summed E-state index contributed by atoms with van der Waals surface area (Å²) in [7, 11) is 0. The molecule has 0 amide bonds. The molecule has 5 aliphatic rings. The van der Waals surface area contributed by atoms with Gasteiger partial charge in [-0.05, 0) is 56.3 Å². The summed E-state index contributed by atoms with van der Waals surface area (Å²) in [5.41, 5.74) is 0.162. The van der Waals surface area contributed by atoms with Gasteiger partial charge in [0.1, 0.15) is 11.4 Å². The predicted molar refractivity (Wildman–Crippen MR) is 82.2 cm³/mol. The van der Waals surface area contributed by atoms with Gasteiger partial charge in [0.15, 0.2) is 0 Å². The number of ether oxygens (including phenoxy) is 1. The molecule has 5 rings (SSSR count). The highest BCUT2D eigenvalue weighted by atomic mass is 16.6. The van der Waals surface area contributed by atoms with Crippen molar-refractivity contribution in [3.63, 3.8) is 0 Å². The molecule has 0 aromatic carbocycles. The average Bonchev–Trinajstić information content (AvgIpc) is 3.08. The van der Waals surface area contributed by atoms with Gasteiger partial charge >= 0.3 is 0 Å². The molecule has 5 fully saturated rings. The van der Waals surface area contributed by atoms with Gasteiger partial charge in [0.25, 0.3) is 0 Å². The lowest BCUT2D eigenvalue weighted by atomic mass is 9.45. The van der Waals surface area contributed by atoms with Gasteiger partial charge in [0.2, 0.25) is 0 Å². The molecular weight excluding hydrogens is 276 g/mol. The van der Waals surface area contributed by atoms with Gasteiger partial charge in [-0.25, -0.2) is 0 Å². The number of ketones is 1. The van der Waals surface area contributed by atoms with E-state index in [1.807, 2.05) is 0 Å². The van der Waals surface area contributed by atoms with Crippen LogP contribution in [0.25, 0.3) is 0 Å². The third-order valence-electron chi connectivity index (χ3n) is 8.77.